The number of aromatic amines is 6. The number of amides is 1. The molecule has 736 valence electrons. The minimum atomic E-state index is -0.845. The molecule has 18 rings (SSSR count). The fourth-order valence-electron chi connectivity index (χ4n) is 15.9. The van der Waals surface area contributed by atoms with Crippen LogP contribution in [0.25, 0.3) is 88.6 Å². The number of piperazine rings is 1. The maximum Gasteiger partial charge on any atom is 0.410 e. The van der Waals surface area contributed by atoms with Crippen LogP contribution in [-0.2, 0) is 4.74 Å². The lowest BCUT2D eigenvalue weighted by atomic mass is 10.1. The molecule has 37 nitrogen and oxygen atoms in total. The highest BCUT2D eigenvalue weighted by Gasteiger charge is 2.31. The van der Waals surface area contributed by atoms with Gasteiger partial charge in [-0.2, -0.15) is 10.2 Å². The molecule has 0 aliphatic carbocycles. The number of nitrogens with zero attached hydrogens (tertiary/aromatic N) is 13. The standard InChI is InChI=1S/C24H27ClFN5O3.C15H10Cl2FN3O.C15H12FN3O4.C15H12FN3O3.C14H10FN3O4.C14H12FN3O2/c1-14-7-6-8-17(26)19(14)31-15(2)13-16-18(21(31)32)27-22(25)28-20(16)29-9-11-30(12-10-29)23(33)34-24(3,4)5;1-7-4-3-5-10(18)12(7)21-8(2)6-9-11(14(21)22)19-15(17)20-13(9)16;1-7-6-8-11(17-15(22)18-13(8)20)14(21)19(7)12-9(16)4-3-5-10(12)23-2;1-7-4-3-5-10(16)12(7)19-8(2)6-9-11(14(19)21)17-15(22)18-13(9)20;1-6-5-7-10(16-14(22)17-12(7)20)13(21)18(6)11-8(15)3-2-4-9(11)19;1-8-6-9(7-16)12(17)14(19)18(8)13-10(15)4-3-5-11(13)20-2/h6-8,13H,9-12H2,1-5H3;3-6H,1-2H3;3-6H,1-2H3,(H2,17,18,20,22);3-6H,1-2H3,(H2,17,18,20,22);2-5,19H,1H3,(H2,16,17,20,22);3-6H,17H2,1-2H3. The number of carbonyl (C=O) groups excluding carboxylic acids is 1. The highest BCUT2D eigenvalue weighted by Crippen LogP contribution is 2.34. The zero-order valence-electron chi connectivity index (χ0n) is 78.0. The van der Waals surface area contributed by atoms with Gasteiger partial charge >= 0.3 is 23.2 Å². The Hall–Kier alpha value is -17.3. The minimum Gasteiger partial charge on any atom is -0.506 e. The quantitative estimate of drug-likeness (QED) is 0.0378. The van der Waals surface area contributed by atoms with Gasteiger partial charge in [-0.3, -0.25) is 85.5 Å². The van der Waals surface area contributed by atoms with Gasteiger partial charge in [-0.15, -0.1) is 0 Å². The first-order valence-corrected chi connectivity index (χ1v) is 43.8. The lowest BCUT2D eigenvalue weighted by Gasteiger charge is -2.36. The average Bonchev–Trinajstić information content (AvgIpc) is 0.756. The Morgan fingerprint density at radius 2 is 0.720 bits per heavy atom. The second-order valence-electron chi connectivity index (χ2n) is 33.1. The van der Waals surface area contributed by atoms with E-state index >= 15 is 0 Å². The molecule has 0 unspecified atom stereocenters. The summed E-state index contributed by atoms with van der Waals surface area (Å²) >= 11 is 18.0. The molecule has 1 fully saturated rings. The molecule has 9 N–H and O–H groups in total. The van der Waals surface area contributed by atoms with Crippen molar-refractivity contribution < 1.29 is 50.5 Å². The zero-order valence-corrected chi connectivity index (χ0v) is 80.2. The Bertz CT molecular complexity index is 8700. The lowest BCUT2D eigenvalue weighted by Crippen LogP contribution is -2.50. The van der Waals surface area contributed by atoms with E-state index in [0.717, 1.165) is 24.3 Å². The van der Waals surface area contributed by atoms with Crippen molar-refractivity contribution in [1.82, 2.24) is 82.1 Å². The third-order valence-electron chi connectivity index (χ3n) is 22.3. The fraction of sp³-hybridized carbons (Fsp3) is 0.196. The number of nitriles is 1. The number of phenolic OH excluding ortho intramolecular Hbond substituents is 1. The van der Waals surface area contributed by atoms with Crippen LogP contribution in [0.2, 0.25) is 15.7 Å². The number of halogens is 9. The maximum absolute atomic E-state index is 14.7. The molecule has 17 aromatic rings. The number of ether oxygens (including phenoxy) is 3. The number of methoxy groups -OCH3 is 2. The van der Waals surface area contributed by atoms with E-state index in [4.69, 9.17) is 60.0 Å². The number of hydrogen-bond donors (Lipinski definition) is 8. The molecular formula is C97H83Cl3F6N20O17. The second kappa shape index (κ2) is 41.8. The van der Waals surface area contributed by atoms with Crippen molar-refractivity contribution >= 4 is 107 Å². The first-order valence-electron chi connectivity index (χ1n) is 42.7. The minimum absolute atomic E-state index is 0.0193. The number of aryl methyl sites for hydroxylation is 9. The van der Waals surface area contributed by atoms with Crippen LogP contribution in [0.15, 0.2) is 203 Å². The Kier molecular flexibility index (Phi) is 30.1. The van der Waals surface area contributed by atoms with Crippen molar-refractivity contribution in [3.05, 3.63) is 377 Å². The molecule has 0 spiro atoms. The fourth-order valence-corrected chi connectivity index (χ4v) is 16.5. The molecule has 1 saturated heterocycles. The van der Waals surface area contributed by atoms with Gasteiger partial charge in [0.25, 0.3) is 50.0 Å². The topological polar surface area (TPSA) is 502 Å². The van der Waals surface area contributed by atoms with E-state index in [2.05, 4.69) is 39.9 Å². The van der Waals surface area contributed by atoms with Gasteiger partial charge in [0.1, 0.15) is 108 Å². The van der Waals surface area contributed by atoms with Crippen LogP contribution >= 0.6 is 34.8 Å². The molecule has 46 heteroatoms. The number of H-pyrrole nitrogens is 6. The Labute approximate surface area is 814 Å². The summed E-state index contributed by atoms with van der Waals surface area (Å²) in [4.78, 5) is 191. The number of hydrogen-bond acceptors (Lipinski definition) is 24. The third-order valence-corrected chi connectivity index (χ3v) is 22.9. The second-order valence-corrected chi connectivity index (χ2v) is 34.1. The van der Waals surface area contributed by atoms with Crippen molar-refractivity contribution in [2.24, 2.45) is 0 Å². The first kappa shape index (κ1) is 103. The van der Waals surface area contributed by atoms with Crippen molar-refractivity contribution in [1.29, 1.82) is 5.26 Å². The van der Waals surface area contributed by atoms with Crippen molar-refractivity contribution in [3.8, 4) is 57.4 Å². The lowest BCUT2D eigenvalue weighted by molar-refractivity contribution is 0.0240. The maximum atomic E-state index is 14.7. The SMILES string of the molecule is COc1cccc(F)c1-n1c(C)cc(C#N)c(N)c1=O.COc1cccc(F)c1-n1c(C)cc2c(=O)[nH]c(=O)[nH]c2c1=O.Cc1cc2c(=O)[nH]c(=O)[nH]c2c(=O)n1-c1c(O)cccc1F.Cc1cccc(F)c1-n1c(C)cc2c(=O)[nH]c(=O)[nH]c2c1=O.Cc1cccc(F)c1-n1c(C)cc2c(Cl)nc(Cl)nc2c1=O.Cc1cccc(F)c1-n1c(C)cc2c(N3CCN(C(=O)OC(C)(C)C)CC3)nc(Cl)nc2c1=O. The summed E-state index contributed by atoms with van der Waals surface area (Å²) in [6.45, 7) is 22.1. The molecule has 0 atom stereocenters. The number of nitrogen functional groups attached to an aromatic ring is 1. The number of phenols is 1. The predicted octanol–water partition coefficient (Wildman–Crippen LogP) is 12.3. The summed E-state index contributed by atoms with van der Waals surface area (Å²) in [7, 11) is 2.73. The highest BCUT2D eigenvalue weighted by molar-refractivity contribution is 6.35. The summed E-state index contributed by atoms with van der Waals surface area (Å²) < 4.78 is 108. The van der Waals surface area contributed by atoms with E-state index in [1.165, 1.54) is 115 Å². The van der Waals surface area contributed by atoms with Gasteiger partial charge in [0.2, 0.25) is 10.6 Å². The van der Waals surface area contributed by atoms with Crippen LogP contribution in [0.4, 0.5) is 42.6 Å². The number of anilines is 2. The molecule has 143 heavy (non-hydrogen) atoms. The van der Waals surface area contributed by atoms with E-state index in [1.54, 1.807) is 115 Å². The van der Waals surface area contributed by atoms with Gasteiger partial charge in [-0.05, 0) is 214 Å². The summed E-state index contributed by atoms with van der Waals surface area (Å²) in [5, 5.41) is 19.6. The predicted molar refractivity (Wildman–Crippen MR) is 526 cm³/mol. The summed E-state index contributed by atoms with van der Waals surface area (Å²) in [5.74, 6) is -3.19. The molecule has 12 heterocycles. The van der Waals surface area contributed by atoms with Crippen molar-refractivity contribution in [2.75, 3.05) is 51.0 Å². The van der Waals surface area contributed by atoms with Crippen molar-refractivity contribution in [3.63, 3.8) is 0 Å². The van der Waals surface area contributed by atoms with Crippen molar-refractivity contribution in [2.45, 2.75) is 88.7 Å². The number of benzene rings is 6. The summed E-state index contributed by atoms with van der Waals surface area (Å²) in [5.41, 5.74) is 0.462. The Morgan fingerprint density at radius 3 is 1.09 bits per heavy atom. The van der Waals surface area contributed by atoms with E-state index in [1.807, 2.05) is 41.7 Å². The zero-order chi connectivity index (χ0) is 104. The molecule has 1 amide bonds. The van der Waals surface area contributed by atoms with Gasteiger partial charge in [0, 0.05) is 65.7 Å². The molecule has 0 saturated carbocycles. The summed E-state index contributed by atoms with van der Waals surface area (Å²) in [6, 6.07) is 36.6. The molecule has 11 aromatic heterocycles. The van der Waals surface area contributed by atoms with E-state index in [9.17, 15) is 93.8 Å². The Morgan fingerprint density at radius 1 is 0.406 bits per heavy atom. The molecule has 1 aliphatic rings. The molecule has 0 bridgehead atoms. The van der Waals surface area contributed by atoms with Crippen LogP contribution in [0.1, 0.15) is 77.2 Å². The highest BCUT2D eigenvalue weighted by atomic mass is 35.5. The molecule has 0 radical (unpaired) electrons. The number of pyridine rings is 6. The van der Waals surface area contributed by atoms with Gasteiger partial charge in [0.05, 0.1) is 58.4 Å². The van der Waals surface area contributed by atoms with Gasteiger partial charge in [-0.1, -0.05) is 66.2 Å². The largest absolute Gasteiger partial charge is 0.506 e. The van der Waals surface area contributed by atoms with Crippen LogP contribution in [0, 0.1) is 109 Å². The van der Waals surface area contributed by atoms with Crippen LogP contribution in [-0.4, -0.2) is 139 Å². The van der Waals surface area contributed by atoms with Gasteiger partial charge in [-0.25, -0.2) is 60.5 Å². The number of nitrogens with one attached hydrogen (secondary N) is 6. The van der Waals surface area contributed by atoms with Crippen LogP contribution < -0.4 is 87.2 Å². The monoisotopic (exact) mass is 2020 g/mol. The first-order chi connectivity index (χ1) is 67.6. The number of aromatic nitrogens is 16. The average molecular weight is 2020 g/mol. The third kappa shape index (κ3) is 20.9. The number of para-hydroxylation sites is 6. The van der Waals surface area contributed by atoms with Crippen LogP contribution in [0.3, 0.4) is 0 Å². The molecule has 6 aromatic carbocycles. The summed E-state index contributed by atoms with van der Waals surface area (Å²) in [6.07, 6.45) is -0.364. The molecular weight excluding hydrogens is 1940 g/mol. The van der Waals surface area contributed by atoms with E-state index < -0.39 is 113 Å². The van der Waals surface area contributed by atoms with E-state index in [-0.39, 0.29) is 128 Å². The van der Waals surface area contributed by atoms with Gasteiger partial charge < -0.3 is 49.8 Å². The number of fused-ring (bicyclic) bond motifs is 5. The number of nitrogens with two attached hydrogens (primary N) is 1. The normalized spacial score (nSPS) is 11.7. The number of aromatic hydroxyl groups is 1. The smallest absolute Gasteiger partial charge is 0.410 e. The molecule has 1 aliphatic heterocycles. The Balaban J connectivity index is 0.000000145. The van der Waals surface area contributed by atoms with Gasteiger partial charge in [0.15, 0.2) is 17.5 Å². The number of rotatable bonds is 9. The van der Waals surface area contributed by atoms with Crippen LogP contribution in [0.5, 0.6) is 17.2 Å². The van der Waals surface area contributed by atoms with E-state index in [0.29, 0.717) is 87.9 Å². The number of carbonyl (C=O) groups is 1.